The minimum Gasteiger partial charge on any atom is -0.449 e. The van der Waals surface area contributed by atoms with Crippen LogP contribution in [0.15, 0.2) is 54.6 Å². The summed E-state index contributed by atoms with van der Waals surface area (Å²) in [6.45, 7) is 1.58. The van der Waals surface area contributed by atoms with E-state index in [4.69, 9.17) is 4.74 Å². The van der Waals surface area contributed by atoms with E-state index < -0.39 is 12.1 Å². The predicted molar refractivity (Wildman–Crippen MR) is 111 cm³/mol. The van der Waals surface area contributed by atoms with Crippen LogP contribution in [0, 0.1) is 0 Å². The Morgan fingerprint density at radius 2 is 1.38 bits per heavy atom. The molecule has 1 aliphatic rings. The van der Waals surface area contributed by atoms with Gasteiger partial charge in [-0.1, -0.05) is 68.1 Å². The molecule has 0 spiro atoms. The van der Waals surface area contributed by atoms with E-state index in [0.717, 1.165) is 25.7 Å². The smallest absolute Gasteiger partial charge is 0.338 e. The molecule has 0 unspecified atom stereocenters. The Labute approximate surface area is 171 Å². The van der Waals surface area contributed by atoms with Crippen LogP contribution in [0.5, 0.6) is 0 Å². The molecule has 1 fully saturated rings. The van der Waals surface area contributed by atoms with Gasteiger partial charge in [0, 0.05) is 17.2 Å². The summed E-state index contributed by atoms with van der Waals surface area (Å²) in [7, 11) is 0. The van der Waals surface area contributed by atoms with E-state index in [9.17, 15) is 14.4 Å². The van der Waals surface area contributed by atoms with Crippen molar-refractivity contribution in [2.24, 2.45) is 0 Å². The van der Waals surface area contributed by atoms with Crippen LogP contribution < -0.4 is 5.32 Å². The summed E-state index contributed by atoms with van der Waals surface area (Å²) in [4.78, 5) is 37.2. The standard InChI is InChI=1S/C24H27NO4/c1-17(23(27)25-21-11-7-2-3-8-12-21)29-24(28)20-15-13-19(14-16-20)22(26)18-9-5-4-6-10-18/h4-6,9-10,13-17,21H,2-3,7-8,11-12H2,1H3,(H,25,27)/t17-/m0/s1. The van der Waals surface area contributed by atoms with Crippen LogP contribution in [-0.2, 0) is 9.53 Å². The van der Waals surface area contributed by atoms with Crippen molar-refractivity contribution in [3.63, 3.8) is 0 Å². The van der Waals surface area contributed by atoms with Gasteiger partial charge in [0.2, 0.25) is 0 Å². The van der Waals surface area contributed by atoms with Crippen LogP contribution in [0.2, 0.25) is 0 Å². The number of esters is 1. The first-order chi connectivity index (χ1) is 14.0. The zero-order valence-electron chi connectivity index (χ0n) is 16.7. The Kier molecular flexibility index (Phi) is 7.17. The lowest BCUT2D eigenvalue weighted by molar-refractivity contribution is -0.129. The number of ether oxygens (including phenoxy) is 1. The minimum absolute atomic E-state index is 0.110. The maximum absolute atomic E-state index is 12.4. The molecule has 1 amide bonds. The lowest BCUT2D eigenvalue weighted by Gasteiger charge is -2.19. The third-order valence-corrected chi connectivity index (χ3v) is 5.27. The average Bonchev–Trinajstić information content (AvgIpc) is 3.02. The molecule has 152 valence electrons. The number of carbonyl (C=O) groups excluding carboxylic acids is 3. The predicted octanol–water partition coefficient (Wildman–Crippen LogP) is 4.30. The zero-order chi connectivity index (χ0) is 20.6. The molecule has 0 heterocycles. The van der Waals surface area contributed by atoms with Crippen LogP contribution in [0.4, 0.5) is 0 Å². The molecule has 3 rings (SSSR count). The summed E-state index contributed by atoms with van der Waals surface area (Å²) in [6.07, 6.45) is 5.74. The highest BCUT2D eigenvalue weighted by atomic mass is 16.5. The van der Waals surface area contributed by atoms with E-state index in [-0.39, 0.29) is 17.7 Å². The van der Waals surface area contributed by atoms with Crippen molar-refractivity contribution in [2.45, 2.75) is 57.6 Å². The number of ketones is 1. The maximum Gasteiger partial charge on any atom is 0.338 e. The number of rotatable bonds is 6. The van der Waals surface area contributed by atoms with Gasteiger partial charge in [-0.25, -0.2) is 4.79 Å². The van der Waals surface area contributed by atoms with E-state index in [1.54, 1.807) is 55.5 Å². The van der Waals surface area contributed by atoms with Gasteiger partial charge in [-0.3, -0.25) is 9.59 Å². The van der Waals surface area contributed by atoms with Crippen LogP contribution in [-0.4, -0.2) is 29.8 Å². The Morgan fingerprint density at radius 3 is 2.00 bits per heavy atom. The number of hydrogen-bond donors (Lipinski definition) is 1. The molecule has 5 nitrogen and oxygen atoms in total. The molecule has 1 saturated carbocycles. The van der Waals surface area contributed by atoms with Crippen LogP contribution in [0.3, 0.4) is 0 Å². The monoisotopic (exact) mass is 393 g/mol. The van der Waals surface area contributed by atoms with Gasteiger partial charge in [-0.2, -0.15) is 0 Å². The van der Waals surface area contributed by atoms with E-state index in [1.165, 1.54) is 12.8 Å². The summed E-state index contributed by atoms with van der Waals surface area (Å²) in [5, 5.41) is 3.00. The van der Waals surface area contributed by atoms with E-state index in [0.29, 0.717) is 16.7 Å². The Bertz CT molecular complexity index is 837. The largest absolute Gasteiger partial charge is 0.449 e. The number of amides is 1. The Balaban J connectivity index is 1.55. The summed E-state index contributed by atoms with van der Waals surface area (Å²) in [5.74, 6) is -0.949. The van der Waals surface area contributed by atoms with Gasteiger partial charge in [0.25, 0.3) is 5.91 Å². The molecule has 5 heteroatoms. The quantitative estimate of drug-likeness (QED) is 0.451. The summed E-state index contributed by atoms with van der Waals surface area (Å²) < 4.78 is 5.32. The van der Waals surface area contributed by atoms with E-state index in [2.05, 4.69) is 5.32 Å². The second-order valence-corrected chi connectivity index (χ2v) is 7.52. The summed E-state index contributed by atoms with van der Waals surface area (Å²) in [5.41, 5.74) is 1.39. The highest BCUT2D eigenvalue weighted by molar-refractivity contribution is 6.09. The van der Waals surface area contributed by atoms with Crippen molar-refractivity contribution in [1.82, 2.24) is 5.32 Å². The van der Waals surface area contributed by atoms with Gasteiger partial charge < -0.3 is 10.1 Å². The summed E-state index contributed by atoms with van der Waals surface area (Å²) >= 11 is 0. The van der Waals surface area contributed by atoms with Crippen molar-refractivity contribution in [1.29, 1.82) is 0 Å². The van der Waals surface area contributed by atoms with Crippen LogP contribution >= 0.6 is 0 Å². The molecule has 1 N–H and O–H groups in total. The molecular weight excluding hydrogens is 366 g/mol. The third kappa shape index (κ3) is 5.76. The topological polar surface area (TPSA) is 72.5 Å². The van der Waals surface area contributed by atoms with Gasteiger partial charge in [0.1, 0.15) is 0 Å². The molecule has 29 heavy (non-hydrogen) atoms. The molecule has 2 aromatic carbocycles. The number of hydrogen-bond acceptors (Lipinski definition) is 4. The fourth-order valence-corrected chi connectivity index (χ4v) is 3.54. The van der Waals surface area contributed by atoms with Crippen LogP contribution in [0.1, 0.15) is 71.7 Å². The molecular formula is C24H27NO4. The van der Waals surface area contributed by atoms with E-state index in [1.807, 2.05) is 6.07 Å². The molecule has 0 radical (unpaired) electrons. The molecule has 1 aliphatic carbocycles. The Morgan fingerprint density at radius 1 is 0.828 bits per heavy atom. The van der Waals surface area contributed by atoms with Crippen molar-refractivity contribution in [3.05, 3.63) is 71.3 Å². The van der Waals surface area contributed by atoms with Crippen molar-refractivity contribution in [2.75, 3.05) is 0 Å². The van der Waals surface area contributed by atoms with Crippen molar-refractivity contribution >= 4 is 17.7 Å². The number of benzene rings is 2. The second-order valence-electron chi connectivity index (χ2n) is 7.52. The molecule has 0 aliphatic heterocycles. The zero-order valence-corrected chi connectivity index (χ0v) is 16.7. The van der Waals surface area contributed by atoms with Crippen molar-refractivity contribution < 1.29 is 19.1 Å². The van der Waals surface area contributed by atoms with Gasteiger partial charge in [-0.15, -0.1) is 0 Å². The fourth-order valence-electron chi connectivity index (χ4n) is 3.54. The molecule has 0 saturated heterocycles. The first kappa shape index (κ1) is 20.8. The normalized spacial score (nSPS) is 15.8. The molecule has 2 aromatic rings. The average molecular weight is 393 g/mol. The van der Waals surface area contributed by atoms with Gasteiger partial charge >= 0.3 is 5.97 Å². The molecule has 1 atom stereocenters. The Hall–Kier alpha value is -2.95. The molecule has 0 aromatic heterocycles. The minimum atomic E-state index is -0.864. The first-order valence-electron chi connectivity index (χ1n) is 10.3. The van der Waals surface area contributed by atoms with Crippen molar-refractivity contribution in [3.8, 4) is 0 Å². The van der Waals surface area contributed by atoms with E-state index >= 15 is 0 Å². The summed E-state index contributed by atoms with van der Waals surface area (Å²) in [6, 6.07) is 15.4. The molecule has 0 bridgehead atoms. The van der Waals surface area contributed by atoms with Crippen LogP contribution in [0.25, 0.3) is 0 Å². The third-order valence-electron chi connectivity index (χ3n) is 5.27. The van der Waals surface area contributed by atoms with Gasteiger partial charge in [0.05, 0.1) is 5.56 Å². The fraction of sp³-hybridized carbons (Fsp3) is 0.375. The highest BCUT2D eigenvalue weighted by Gasteiger charge is 2.22. The highest BCUT2D eigenvalue weighted by Crippen LogP contribution is 2.17. The lowest BCUT2D eigenvalue weighted by Crippen LogP contribution is -2.41. The lowest BCUT2D eigenvalue weighted by atomic mass is 10.0. The SMILES string of the molecule is C[C@H](OC(=O)c1ccc(C(=O)c2ccccc2)cc1)C(=O)NC1CCCCCC1. The second kappa shape index (κ2) is 10.0. The first-order valence-corrected chi connectivity index (χ1v) is 10.3. The maximum atomic E-state index is 12.4. The van der Waals surface area contributed by atoms with Gasteiger partial charge in [-0.05, 0) is 31.9 Å². The van der Waals surface area contributed by atoms with Gasteiger partial charge in [0.15, 0.2) is 11.9 Å². The number of carbonyl (C=O) groups is 3. The number of nitrogens with one attached hydrogen (secondary N) is 1.